The Morgan fingerprint density at radius 1 is 1.19 bits per heavy atom. The number of hydrogen-bond donors (Lipinski definition) is 2. The standard InChI is InChI=1S/C10H14N4O2/c15-7-10(1-2-10)8(16)13-9(12-7)14-5-3-11-4-6-14/h11H,1-6H2,(H,12,13,15,16). The molecule has 1 saturated heterocycles. The van der Waals surface area contributed by atoms with Crippen LogP contribution in [0.2, 0.25) is 0 Å². The van der Waals surface area contributed by atoms with Crippen LogP contribution < -0.4 is 10.6 Å². The molecule has 1 saturated carbocycles. The average Bonchev–Trinajstić information content (AvgIpc) is 3.09. The molecule has 0 radical (unpaired) electrons. The lowest BCUT2D eigenvalue weighted by molar-refractivity contribution is -0.135. The van der Waals surface area contributed by atoms with Crippen molar-refractivity contribution in [3.05, 3.63) is 0 Å². The fraction of sp³-hybridized carbons (Fsp3) is 0.700. The van der Waals surface area contributed by atoms with E-state index in [9.17, 15) is 9.59 Å². The molecule has 6 nitrogen and oxygen atoms in total. The van der Waals surface area contributed by atoms with Crippen LogP contribution >= 0.6 is 0 Å². The van der Waals surface area contributed by atoms with Gasteiger partial charge in [-0.1, -0.05) is 0 Å². The van der Waals surface area contributed by atoms with Crippen molar-refractivity contribution >= 4 is 17.8 Å². The van der Waals surface area contributed by atoms with Gasteiger partial charge in [-0.25, -0.2) is 0 Å². The Bertz CT molecular complexity index is 380. The number of aliphatic imine (C=N–C) groups is 1. The average molecular weight is 222 g/mol. The molecular weight excluding hydrogens is 208 g/mol. The van der Waals surface area contributed by atoms with Gasteiger partial charge in [-0.2, -0.15) is 4.99 Å². The lowest BCUT2D eigenvalue weighted by atomic mass is 10.0. The van der Waals surface area contributed by atoms with Crippen LogP contribution in [0.3, 0.4) is 0 Å². The van der Waals surface area contributed by atoms with Crippen molar-refractivity contribution in [1.82, 2.24) is 15.5 Å². The molecule has 0 aromatic rings. The zero-order valence-corrected chi connectivity index (χ0v) is 8.95. The highest BCUT2D eigenvalue weighted by Gasteiger charge is 2.59. The number of guanidine groups is 1. The van der Waals surface area contributed by atoms with Crippen molar-refractivity contribution in [1.29, 1.82) is 0 Å². The Labute approximate surface area is 93.1 Å². The van der Waals surface area contributed by atoms with Gasteiger partial charge in [0.05, 0.1) is 0 Å². The summed E-state index contributed by atoms with van der Waals surface area (Å²) >= 11 is 0. The van der Waals surface area contributed by atoms with Gasteiger partial charge in [0.1, 0.15) is 5.41 Å². The summed E-state index contributed by atoms with van der Waals surface area (Å²) in [5.74, 6) is 0.0137. The van der Waals surface area contributed by atoms with Crippen molar-refractivity contribution in [3.8, 4) is 0 Å². The van der Waals surface area contributed by atoms with E-state index in [0.717, 1.165) is 26.2 Å². The molecule has 2 heterocycles. The van der Waals surface area contributed by atoms with Crippen molar-refractivity contribution in [3.63, 3.8) is 0 Å². The van der Waals surface area contributed by atoms with Crippen LogP contribution in [0.4, 0.5) is 0 Å². The van der Waals surface area contributed by atoms with E-state index >= 15 is 0 Å². The maximum Gasteiger partial charge on any atom is 0.264 e. The number of piperazine rings is 1. The molecule has 2 N–H and O–H groups in total. The number of nitrogens with one attached hydrogen (secondary N) is 2. The second-order valence-electron chi connectivity index (χ2n) is 4.51. The van der Waals surface area contributed by atoms with Crippen LogP contribution in [0.1, 0.15) is 12.8 Å². The SMILES string of the molecule is O=C1N=C(N2CCNCC2)NC(=O)C12CC2. The third kappa shape index (κ3) is 1.33. The molecule has 1 aliphatic carbocycles. The highest BCUT2D eigenvalue weighted by Crippen LogP contribution is 2.48. The largest absolute Gasteiger partial charge is 0.340 e. The molecular formula is C10H14N4O2. The predicted octanol–water partition coefficient (Wildman–Crippen LogP) is -1.32. The van der Waals surface area contributed by atoms with Gasteiger partial charge >= 0.3 is 0 Å². The molecule has 0 aromatic carbocycles. The van der Waals surface area contributed by atoms with Crippen LogP contribution in [0.15, 0.2) is 4.99 Å². The summed E-state index contributed by atoms with van der Waals surface area (Å²) < 4.78 is 0. The first-order valence-electron chi connectivity index (χ1n) is 5.63. The van der Waals surface area contributed by atoms with Gasteiger partial charge in [0.15, 0.2) is 0 Å². The van der Waals surface area contributed by atoms with Gasteiger partial charge in [0.25, 0.3) is 5.91 Å². The number of rotatable bonds is 0. The monoisotopic (exact) mass is 222 g/mol. The van der Waals surface area contributed by atoms with Crippen LogP contribution in [0, 0.1) is 5.41 Å². The molecule has 2 amide bonds. The van der Waals surface area contributed by atoms with Gasteiger partial charge in [-0.05, 0) is 12.8 Å². The number of hydrogen-bond acceptors (Lipinski definition) is 4. The van der Waals surface area contributed by atoms with Gasteiger partial charge in [-0.15, -0.1) is 0 Å². The third-order valence-corrected chi connectivity index (χ3v) is 3.44. The second-order valence-corrected chi connectivity index (χ2v) is 4.51. The summed E-state index contributed by atoms with van der Waals surface area (Å²) in [6.45, 7) is 3.27. The summed E-state index contributed by atoms with van der Waals surface area (Å²) in [7, 11) is 0. The molecule has 2 fully saturated rings. The molecule has 0 atom stereocenters. The minimum absolute atomic E-state index is 0.166. The van der Waals surface area contributed by atoms with Crippen LogP contribution in [0.5, 0.6) is 0 Å². The summed E-state index contributed by atoms with van der Waals surface area (Å²) in [6.07, 6.45) is 1.30. The van der Waals surface area contributed by atoms with E-state index in [-0.39, 0.29) is 11.8 Å². The summed E-state index contributed by atoms with van der Waals surface area (Å²) in [5.41, 5.74) is -0.794. The van der Waals surface area contributed by atoms with E-state index in [0.29, 0.717) is 18.8 Å². The molecule has 3 rings (SSSR count). The van der Waals surface area contributed by atoms with Gasteiger partial charge in [-0.3, -0.25) is 14.9 Å². The van der Waals surface area contributed by atoms with Crippen molar-refractivity contribution in [2.24, 2.45) is 10.4 Å². The van der Waals surface area contributed by atoms with Crippen molar-refractivity contribution < 1.29 is 9.59 Å². The molecule has 86 valence electrons. The fourth-order valence-electron chi connectivity index (χ4n) is 2.14. The molecule has 2 aliphatic heterocycles. The van der Waals surface area contributed by atoms with E-state index < -0.39 is 5.41 Å². The maximum atomic E-state index is 11.8. The second kappa shape index (κ2) is 3.28. The summed E-state index contributed by atoms with van der Waals surface area (Å²) in [4.78, 5) is 29.5. The fourth-order valence-corrected chi connectivity index (χ4v) is 2.14. The van der Waals surface area contributed by atoms with Crippen LogP contribution in [-0.4, -0.2) is 48.9 Å². The Kier molecular flexibility index (Phi) is 2.00. The topological polar surface area (TPSA) is 73.8 Å². The minimum atomic E-state index is -0.794. The van der Waals surface area contributed by atoms with Crippen LogP contribution in [-0.2, 0) is 9.59 Å². The zero-order chi connectivity index (χ0) is 11.2. The highest BCUT2D eigenvalue weighted by molar-refractivity contribution is 6.19. The quantitative estimate of drug-likeness (QED) is 0.499. The highest BCUT2D eigenvalue weighted by atomic mass is 16.2. The van der Waals surface area contributed by atoms with Crippen LogP contribution in [0.25, 0.3) is 0 Å². The molecule has 0 aromatic heterocycles. The minimum Gasteiger partial charge on any atom is -0.340 e. The van der Waals surface area contributed by atoms with Gasteiger partial charge in [0, 0.05) is 26.2 Å². The van der Waals surface area contributed by atoms with Crippen molar-refractivity contribution in [2.75, 3.05) is 26.2 Å². The Morgan fingerprint density at radius 2 is 1.88 bits per heavy atom. The number of amides is 2. The lowest BCUT2D eigenvalue weighted by Crippen LogP contribution is -2.56. The van der Waals surface area contributed by atoms with E-state index in [4.69, 9.17) is 0 Å². The molecule has 1 spiro atoms. The van der Waals surface area contributed by atoms with Crippen molar-refractivity contribution in [2.45, 2.75) is 12.8 Å². The first-order chi connectivity index (χ1) is 7.72. The molecule has 6 heteroatoms. The molecule has 3 aliphatic rings. The number of carbonyl (C=O) groups excluding carboxylic acids is 2. The molecule has 16 heavy (non-hydrogen) atoms. The predicted molar refractivity (Wildman–Crippen MR) is 56.7 cm³/mol. The normalized spacial score (nSPS) is 27.8. The molecule has 0 unspecified atom stereocenters. The maximum absolute atomic E-state index is 11.8. The first kappa shape index (κ1) is 9.77. The zero-order valence-electron chi connectivity index (χ0n) is 8.95. The summed E-state index contributed by atoms with van der Waals surface area (Å²) in [6, 6.07) is 0. The molecule has 0 bridgehead atoms. The van der Waals surface area contributed by atoms with E-state index in [1.54, 1.807) is 0 Å². The Morgan fingerprint density at radius 3 is 2.44 bits per heavy atom. The number of carbonyl (C=O) groups is 2. The van der Waals surface area contributed by atoms with Gasteiger partial charge < -0.3 is 10.2 Å². The Balaban J connectivity index is 1.81. The van der Waals surface area contributed by atoms with E-state index in [1.807, 2.05) is 4.90 Å². The first-order valence-corrected chi connectivity index (χ1v) is 5.63. The Hall–Kier alpha value is -1.43. The third-order valence-electron chi connectivity index (χ3n) is 3.44. The van der Waals surface area contributed by atoms with Gasteiger partial charge in [0.2, 0.25) is 11.9 Å². The number of nitrogens with zero attached hydrogens (tertiary/aromatic N) is 2. The smallest absolute Gasteiger partial charge is 0.264 e. The summed E-state index contributed by atoms with van der Waals surface area (Å²) in [5, 5.41) is 5.97. The van der Waals surface area contributed by atoms with E-state index in [2.05, 4.69) is 15.6 Å². The van der Waals surface area contributed by atoms with E-state index in [1.165, 1.54) is 0 Å². The lowest BCUT2D eigenvalue weighted by Gasteiger charge is -2.32.